The molecule has 3 aliphatic rings. The first-order valence-corrected chi connectivity index (χ1v) is 10.2. The first-order valence-electron chi connectivity index (χ1n) is 10.2. The molecule has 0 bridgehead atoms. The average molecular weight is 357 g/mol. The van der Waals surface area contributed by atoms with Crippen molar-refractivity contribution in [3.05, 3.63) is 24.3 Å². The summed E-state index contributed by atoms with van der Waals surface area (Å²) in [5.41, 5.74) is 2.06. The minimum atomic E-state index is 0.0478. The molecule has 0 aromatic heterocycles. The molecular formula is C21H31N3O2. The highest BCUT2D eigenvalue weighted by Crippen LogP contribution is 2.33. The van der Waals surface area contributed by atoms with E-state index >= 15 is 0 Å². The Morgan fingerprint density at radius 3 is 2.58 bits per heavy atom. The minimum absolute atomic E-state index is 0.0478. The third-order valence-electron chi connectivity index (χ3n) is 6.13. The Morgan fingerprint density at radius 2 is 1.88 bits per heavy atom. The Labute approximate surface area is 156 Å². The van der Waals surface area contributed by atoms with Crippen LogP contribution in [0.2, 0.25) is 0 Å². The zero-order chi connectivity index (χ0) is 17.9. The number of rotatable bonds is 6. The third kappa shape index (κ3) is 3.98. The van der Waals surface area contributed by atoms with Crippen LogP contribution in [0.1, 0.15) is 44.9 Å². The molecule has 5 nitrogen and oxygen atoms in total. The molecular weight excluding hydrogens is 326 g/mol. The van der Waals surface area contributed by atoms with Crippen LogP contribution in [-0.4, -0.2) is 49.8 Å². The average Bonchev–Trinajstić information content (AvgIpc) is 3.13. The van der Waals surface area contributed by atoms with Crippen LogP contribution < -0.4 is 10.2 Å². The Bertz CT molecular complexity index is 619. The number of hydrogen-bond donors (Lipinski definition) is 1. The zero-order valence-corrected chi connectivity index (χ0v) is 15.8. The lowest BCUT2D eigenvalue weighted by Crippen LogP contribution is -2.40. The molecule has 2 aliphatic carbocycles. The predicted molar refractivity (Wildman–Crippen MR) is 105 cm³/mol. The summed E-state index contributed by atoms with van der Waals surface area (Å²) in [4.78, 5) is 17.4. The molecule has 0 spiro atoms. The fraction of sp³-hybridized carbons (Fsp3) is 0.667. The van der Waals surface area contributed by atoms with Gasteiger partial charge in [0.2, 0.25) is 0 Å². The Balaban J connectivity index is 1.46. The molecule has 1 heterocycles. The van der Waals surface area contributed by atoms with Gasteiger partial charge in [0, 0.05) is 38.2 Å². The first-order chi connectivity index (χ1) is 12.7. The van der Waals surface area contributed by atoms with Gasteiger partial charge in [-0.25, -0.2) is 4.79 Å². The van der Waals surface area contributed by atoms with E-state index in [1.54, 1.807) is 0 Å². The summed E-state index contributed by atoms with van der Waals surface area (Å²) in [6.45, 7) is 2.44. The minimum Gasteiger partial charge on any atom is -0.381 e. The van der Waals surface area contributed by atoms with Crippen molar-refractivity contribution < 1.29 is 9.53 Å². The number of hydrogen-bond acceptors (Lipinski definition) is 3. The van der Waals surface area contributed by atoms with Crippen LogP contribution >= 0.6 is 0 Å². The number of para-hydroxylation sites is 2. The molecule has 1 N–H and O–H groups in total. The van der Waals surface area contributed by atoms with Crippen molar-refractivity contribution in [2.45, 2.75) is 57.0 Å². The monoisotopic (exact) mass is 357 g/mol. The largest absolute Gasteiger partial charge is 0.381 e. The van der Waals surface area contributed by atoms with Gasteiger partial charge in [0.05, 0.1) is 18.0 Å². The van der Waals surface area contributed by atoms with Crippen molar-refractivity contribution in [3.63, 3.8) is 0 Å². The van der Waals surface area contributed by atoms with Crippen LogP contribution in [0.25, 0.3) is 0 Å². The quantitative estimate of drug-likeness (QED) is 0.834. The topological polar surface area (TPSA) is 44.8 Å². The maximum absolute atomic E-state index is 13.0. The van der Waals surface area contributed by atoms with Crippen LogP contribution in [0.4, 0.5) is 16.2 Å². The summed E-state index contributed by atoms with van der Waals surface area (Å²) in [6, 6.07) is 9.27. The van der Waals surface area contributed by atoms with E-state index in [1.807, 2.05) is 17.0 Å². The SMILES string of the molecule is CN(c1ccccc1NC(=O)N(CC1CCOC1)C1CC1)C1CCCC1. The van der Waals surface area contributed by atoms with E-state index in [2.05, 4.69) is 29.4 Å². The molecule has 3 fully saturated rings. The number of carbonyl (C=O) groups excluding carboxylic acids is 1. The number of amides is 2. The molecule has 26 heavy (non-hydrogen) atoms. The van der Waals surface area contributed by atoms with Crippen LogP contribution in [0.5, 0.6) is 0 Å². The van der Waals surface area contributed by atoms with Crippen molar-refractivity contribution in [1.29, 1.82) is 0 Å². The lowest BCUT2D eigenvalue weighted by atomic mass is 10.1. The van der Waals surface area contributed by atoms with Crippen LogP contribution in [-0.2, 0) is 4.74 Å². The number of nitrogens with zero attached hydrogens (tertiary/aromatic N) is 2. The second-order valence-electron chi connectivity index (χ2n) is 8.11. The summed E-state index contributed by atoms with van der Waals surface area (Å²) >= 11 is 0. The normalized spacial score (nSPS) is 23.2. The summed E-state index contributed by atoms with van der Waals surface area (Å²) in [6.07, 6.45) is 8.43. The van der Waals surface area contributed by atoms with Crippen molar-refractivity contribution in [2.24, 2.45) is 5.92 Å². The molecule has 1 saturated heterocycles. The predicted octanol–water partition coefficient (Wildman–Crippen LogP) is 4.10. The number of urea groups is 1. The maximum Gasteiger partial charge on any atom is 0.322 e. The molecule has 4 rings (SSSR count). The standard InChI is InChI=1S/C21H31N3O2/c1-23(17-6-2-3-7-17)20-9-5-4-8-19(20)22-21(25)24(18-10-11-18)14-16-12-13-26-15-16/h4-5,8-9,16-18H,2-3,6-7,10-15H2,1H3,(H,22,25). The molecule has 2 saturated carbocycles. The van der Waals surface area contributed by atoms with Gasteiger partial charge in [0.1, 0.15) is 0 Å². The summed E-state index contributed by atoms with van der Waals surface area (Å²) in [5.74, 6) is 0.484. The van der Waals surface area contributed by atoms with Gasteiger partial charge in [-0.05, 0) is 44.2 Å². The lowest BCUT2D eigenvalue weighted by molar-refractivity contribution is 0.167. The Morgan fingerprint density at radius 1 is 1.12 bits per heavy atom. The molecule has 5 heteroatoms. The van der Waals surface area contributed by atoms with E-state index < -0.39 is 0 Å². The van der Waals surface area contributed by atoms with Gasteiger partial charge < -0.3 is 19.9 Å². The van der Waals surface area contributed by atoms with Crippen molar-refractivity contribution >= 4 is 17.4 Å². The number of anilines is 2. The summed E-state index contributed by atoms with van der Waals surface area (Å²) in [7, 11) is 2.16. The van der Waals surface area contributed by atoms with Crippen molar-refractivity contribution in [1.82, 2.24) is 4.90 Å². The Hall–Kier alpha value is -1.75. The third-order valence-corrected chi connectivity index (χ3v) is 6.13. The number of nitrogens with one attached hydrogen (secondary N) is 1. The van der Waals surface area contributed by atoms with E-state index in [1.165, 1.54) is 25.7 Å². The molecule has 1 aromatic rings. The van der Waals surface area contributed by atoms with Crippen molar-refractivity contribution in [2.75, 3.05) is 37.0 Å². The fourth-order valence-corrected chi connectivity index (χ4v) is 4.35. The van der Waals surface area contributed by atoms with E-state index in [9.17, 15) is 4.79 Å². The highest BCUT2D eigenvalue weighted by Gasteiger charge is 2.35. The molecule has 1 atom stereocenters. The van der Waals surface area contributed by atoms with Gasteiger partial charge in [-0.1, -0.05) is 25.0 Å². The second kappa shape index (κ2) is 7.87. The van der Waals surface area contributed by atoms with Gasteiger partial charge in [-0.15, -0.1) is 0 Å². The van der Waals surface area contributed by atoms with E-state index in [0.717, 1.165) is 50.4 Å². The Kier molecular flexibility index (Phi) is 5.34. The molecule has 2 amide bonds. The smallest absolute Gasteiger partial charge is 0.322 e. The zero-order valence-electron chi connectivity index (χ0n) is 15.8. The summed E-state index contributed by atoms with van der Waals surface area (Å²) in [5, 5.41) is 3.21. The van der Waals surface area contributed by atoms with Gasteiger partial charge in [-0.2, -0.15) is 0 Å². The molecule has 142 valence electrons. The van der Waals surface area contributed by atoms with E-state index in [4.69, 9.17) is 4.74 Å². The van der Waals surface area contributed by atoms with E-state index in [0.29, 0.717) is 18.0 Å². The van der Waals surface area contributed by atoms with Gasteiger partial charge in [0.15, 0.2) is 0 Å². The fourth-order valence-electron chi connectivity index (χ4n) is 4.35. The number of carbonyl (C=O) groups is 1. The molecule has 1 aliphatic heterocycles. The van der Waals surface area contributed by atoms with Gasteiger partial charge >= 0.3 is 6.03 Å². The molecule has 1 unspecified atom stereocenters. The summed E-state index contributed by atoms with van der Waals surface area (Å²) < 4.78 is 5.50. The van der Waals surface area contributed by atoms with Gasteiger partial charge in [-0.3, -0.25) is 0 Å². The molecule has 1 aromatic carbocycles. The van der Waals surface area contributed by atoms with Gasteiger partial charge in [0.25, 0.3) is 0 Å². The van der Waals surface area contributed by atoms with Crippen LogP contribution in [0, 0.1) is 5.92 Å². The maximum atomic E-state index is 13.0. The first kappa shape index (κ1) is 17.7. The number of benzene rings is 1. The number of ether oxygens (including phenoxy) is 1. The van der Waals surface area contributed by atoms with Crippen molar-refractivity contribution in [3.8, 4) is 0 Å². The van der Waals surface area contributed by atoms with Crippen LogP contribution in [0.3, 0.4) is 0 Å². The van der Waals surface area contributed by atoms with Crippen LogP contribution in [0.15, 0.2) is 24.3 Å². The lowest BCUT2D eigenvalue weighted by Gasteiger charge is -2.30. The van der Waals surface area contributed by atoms with E-state index in [-0.39, 0.29) is 6.03 Å². The highest BCUT2D eigenvalue weighted by molar-refractivity contribution is 5.93. The highest BCUT2D eigenvalue weighted by atomic mass is 16.5. The second-order valence-corrected chi connectivity index (χ2v) is 8.11. The molecule has 0 radical (unpaired) electrons.